The summed E-state index contributed by atoms with van der Waals surface area (Å²) in [7, 11) is 0. The molecule has 0 aromatic heterocycles. The molecule has 3 heteroatoms. The second-order valence-corrected chi connectivity index (χ2v) is 4.02. The Balaban J connectivity index is 2.45. The molecule has 15 heavy (non-hydrogen) atoms. The lowest BCUT2D eigenvalue weighted by atomic mass is 10.1. The smallest absolute Gasteiger partial charge is 0.134 e. The molecular formula is C12H8Cl2O. The van der Waals surface area contributed by atoms with Gasteiger partial charge in [-0.15, -0.1) is 0 Å². The zero-order valence-corrected chi connectivity index (χ0v) is 9.26. The summed E-state index contributed by atoms with van der Waals surface area (Å²) in [6.07, 6.45) is 0. The standard InChI is InChI=1S/C12H8Cl2O/c13-10-4-1-8(2-5-10)9-3-6-12(15)11(14)7-9/h1-7,15H. The minimum absolute atomic E-state index is 0.0920. The first kappa shape index (κ1) is 10.3. The fourth-order valence-electron chi connectivity index (χ4n) is 1.33. The van der Waals surface area contributed by atoms with E-state index in [9.17, 15) is 5.11 Å². The van der Waals surface area contributed by atoms with Gasteiger partial charge in [0, 0.05) is 5.02 Å². The second kappa shape index (κ2) is 4.13. The Morgan fingerprint density at radius 2 is 1.40 bits per heavy atom. The van der Waals surface area contributed by atoms with Crippen LogP contribution in [-0.4, -0.2) is 5.11 Å². The van der Waals surface area contributed by atoms with E-state index in [0.717, 1.165) is 11.1 Å². The maximum absolute atomic E-state index is 9.28. The fourth-order valence-corrected chi connectivity index (χ4v) is 1.64. The molecule has 0 aliphatic heterocycles. The van der Waals surface area contributed by atoms with Crippen molar-refractivity contribution in [1.82, 2.24) is 0 Å². The van der Waals surface area contributed by atoms with E-state index < -0.39 is 0 Å². The summed E-state index contributed by atoms with van der Waals surface area (Å²) in [6.45, 7) is 0. The van der Waals surface area contributed by atoms with E-state index in [4.69, 9.17) is 23.2 Å². The number of phenolic OH excluding ortho intramolecular Hbond substituents is 1. The summed E-state index contributed by atoms with van der Waals surface area (Å²) in [4.78, 5) is 0. The van der Waals surface area contributed by atoms with Gasteiger partial charge in [-0.3, -0.25) is 0 Å². The van der Waals surface area contributed by atoms with Crippen LogP contribution in [0.1, 0.15) is 0 Å². The average Bonchev–Trinajstić information content (AvgIpc) is 2.23. The first-order chi connectivity index (χ1) is 7.16. The number of rotatable bonds is 1. The Labute approximate surface area is 97.9 Å². The zero-order chi connectivity index (χ0) is 10.8. The molecule has 0 aliphatic carbocycles. The average molecular weight is 239 g/mol. The number of hydrogen-bond donors (Lipinski definition) is 1. The highest BCUT2D eigenvalue weighted by Gasteiger charge is 2.02. The Morgan fingerprint density at radius 1 is 0.800 bits per heavy atom. The molecular weight excluding hydrogens is 231 g/mol. The van der Waals surface area contributed by atoms with Gasteiger partial charge >= 0.3 is 0 Å². The SMILES string of the molecule is Oc1ccc(-c2ccc(Cl)cc2)cc1Cl. The summed E-state index contributed by atoms with van der Waals surface area (Å²) in [5, 5.41) is 10.3. The predicted octanol–water partition coefficient (Wildman–Crippen LogP) is 4.37. The van der Waals surface area contributed by atoms with Gasteiger partial charge in [0.15, 0.2) is 0 Å². The lowest BCUT2D eigenvalue weighted by Crippen LogP contribution is -1.77. The first-order valence-electron chi connectivity index (χ1n) is 4.41. The number of phenols is 1. The Hall–Kier alpha value is -1.18. The summed E-state index contributed by atoms with van der Waals surface area (Å²) >= 11 is 11.6. The molecule has 0 spiro atoms. The molecule has 0 atom stereocenters. The van der Waals surface area contributed by atoms with Gasteiger partial charge in [0.2, 0.25) is 0 Å². The van der Waals surface area contributed by atoms with Gasteiger partial charge in [0.05, 0.1) is 5.02 Å². The van der Waals surface area contributed by atoms with Crippen LogP contribution < -0.4 is 0 Å². The third-order valence-electron chi connectivity index (χ3n) is 2.13. The molecule has 2 aromatic carbocycles. The topological polar surface area (TPSA) is 20.2 Å². The Kier molecular flexibility index (Phi) is 2.85. The number of hydrogen-bond acceptors (Lipinski definition) is 1. The highest BCUT2D eigenvalue weighted by atomic mass is 35.5. The van der Waals surface area contributed by atoms with E-state index in [1.165, 1.54) is 0 Å². The zero-order valence-electron chi connectivity index (χ0n) is 7.74. The number of aromatic hydroxyl groups is 1. The van der Waals surface area contributed by atoms with Crippen LogP contribution in [-0.2, 0) is 0 Å². The van der Waals surface area contributed by atoms with Crippen molar-refractivity contribution >= 4 is 23.2 Å². The highest BCUT2D eigenvalue weighted by Crippen LogP contribution is 2.29. The molecule has 2 rings (SSSR count). The summed E-state index contributed by atoms with van der Waals surface area (Å²) in [5.74, 6) is 0.0920. The Bertz CT molecular complexity index is 477. The van der Waals surface area contributed by atoms with E-state index in [1.54, 1.807) is 12.1 Å². The van der Waals surface area contributed by atoms with Gasteiger partial charge in [-0.05, 0) is 35.4 Å². The van der Waals surface area contributed by atoms with E-state index in [2.05, 4.69) is 0 Å². The second-order valence-electron chi connectivity index (χ2n) is 3.17. The molecule has 76 valence electrons. The summed E-state index contributed by atoms with van der Waals surface area (Å²) in [5.41, 5.74) is 1.97. The lowest BCUT2D eigenvalue weighted by Gasteiger charge is -2.03. The maximum Gasteiger partial charge on any atom is 0.134 e. The van der Waals surface area contributed by atoms with E-state index in [0.29, 0.717) is 10.0 Å². The van der Waals surface area contributed by atoms with E-state index in [1.807, 2.05) is 30.3 Å². The molecule has 0 radical (unpaired) electrons. The Morgan fingerprint density at radius 3 is 2.00 bits per heavy atom. The molecule has 0 saturated heterocycles. The molecule has 0 unspecified atom stereocenters. The molecule has 1 nitrogen and oxygen atoms in total. The molecule has 0 aliphatic rings. The van der Waals surface area contributed by atoms with Crippen molar-refractivity contribution in [1.29, 1.82) is 0 Å². The van der Waals surface area contributed by atoms with Crippen molar-refractivity contribution in [3.05, 3.63) is 52.5 Å². The van der Waals surface area contributed by atoms with Crippen molar-refractivity contribution in [2.75, 3.05) is 0 Å². The van der Waals surface area contributed by atoms with Crippen molar-refractivity contribution < 1.29 is 5.11 Å². The normalized spacial score (nSPS) is 10.3. The van der Waals surface area contributed by atoms with Crippen molar-refractivity contribution in [2.24, 2.45) is 0 Å². The number of halogens is 2. The molecule has 0 bridgehead atoms. The first-order valence-corrected chi connectivity index (χ1v) is 5.17. The van der Waals surface area contributed by atoms with Gasteiger partial charge in [-0.25, -0.2) is 0 Å². The molecule has 0 heterocycles. The third kappa shape index (κ3) is 2.25. The highest BCUT2D eigenvalue weighted by molar-refractivity contribution is 6.32. The predicted molar refractivity (Wildman–Crippen MR) is 63.6 cm³/mol. The number of benzene rings is 2. The molecule has 0 fully saturated rings. The van der Waals surface area contributed by atoms with Gasteiger partial charge in [-0.1, -0.05) is 41.4 Å². The van der Waals surface area contributed by atoms with Crippen molar-refractivity contribution in [2.45, 2.75) is 0 Å². The molecule has 2 aromatic rings. The largest absolute Gasteiger partial charge is 0.506 e. The maximum atomic E-state index is 9.28. The van der Waals surface area contributed by atoms with E-state index >= 15 is 0 Å². The van der Waals surface area contributed by atoms with Crippen LogP contribution >= 0.6 is 23.2 Å². The van der Waals surface area contributed by atoms with Crippen LogP contribution in [0.4, 0.5) is 0 Å². The summed E-state index contributed by atoms with van der Waals surface area (Å²) < 4.78 is 0. The van der Waals surface area contributed by atoms with Crippen LogP contribution in [0.5, 0.6) is 5.75 Å². The minimum atomic E-state index is 0.0920. The third-order valence-corrected chi connectivity index (χ3v) is 2.68. The van der Waals surface area contributed by atoms with Gasteiger partial charge < -0.3 is 5.11 Å². The lowest BCUT2D eigenvalue weighted by molar-refractivity contribution is 0.475. The molecule has 1 N–H and O–H groups in total. The molecule has 0 saturated carbocycles. The van der Waals surface area contributed by atoms with Gasteiger partial charge in [0.1, 0.15) is 5.75 Å². The fraction of sp³-hybridized carbons (Fsp3) is 0. The molecule has 0 amide bonds. The van der Waals surface area contributed by atoms with Gasteiger partial charge in [0.25, 0.3) is 0 Å². The van der Waals surface area contributed by atoms with Crippen LogP contribution in [0.2, 0.25) is 10.0 Å². The van der Waals surface area contributed by atoms with Crippen molar-refractivity contribution in [3.63, 3.8) is 0 Å². The van der Waals surface area contributed by atoms with E-state index in [-0.39, 0.29) is 5.75 Å². The monoisotopic (exact) mass is 238 g/mol. The quantitative estimate of drug-likeness (QED) is 0.783. The van der Waals surface area contributed by atoms with Crippen LogP contribution in [0.3, 0.4) is 0 Å². The van der Waals surface area contributed by atoms with Crippen LogP contribution in [0.15, 0.2) is 42.5 Å². The summed E-state index contributed by atoms with van der Waals surface area (Å²) in [6, 6.07) is 12.6. The van der Waals surface area contributed by atoms with Crippen LogP contribution in [0.25, 0.3) is 11.1 Å². The van der Waals surface area contributed by atoms with Gasteiger partial charge in [-0.2, -0.15) is 0 Å². The minimum Gasteiger partial charge on any atom is -0.506 e. The van der Waals surface area contributed by atoms with Crippen molar-refractivity contribution in [3.8, 4) is 16.9 Å². The van der Waals surface area contributed by atoms with Crippen LogP contribution in [0, 0.1) is 0 Å².